The zero-order valence-corrected chi connectivity index (χ0v) is 5.85. The molecule has 0 fully saturated rings. The van der Waals surface area contributed by atoms with Gasteiger partial charge >= 0.3 is 26.2 Å². The molecule has 0 heterocycles. The predicted octanol–water partition coefficient (Wildman–Crippen LogP) is 0.544. The third-order valence-electron chi connectivity index (χ3n) is 0. The zero-order chi connectivity index (χ0) is 0. The van der Waals surface area contributed by atoms with E-state index in [1.807, 2.05) is 0 Å². The Morgan fingerprint density at radius 1 is 0.600 bits per heavy atom. The quantitative estimate of drug-likeness (QED) is 0.479. The Bertz CT molecular complexity index is 7.61. The van der Waals surface area contributed by atoms with E-state index >= 15 is 0 Å². The molecule has 0 radical (unpaired) electrons. The molecule has 0 aliphatic heterocycles. The number of hydrogen-bond acceptors (Lipinski definition) is 2. The molecule has 0 aromatic rings. The van der Waals surface area contributed by atoms with Gasteiger partial charge in [-0.25, -0.2) is 0 Å². The Labute approximate surface area is 52.3 Å². The molecule has 5 heavy (non-hydrogen) atoms. The van der Waals surface area contributed by atoms with Crippen LogP contribution in [0.2, 0.25) is 0 Å². The maximum absolute atomic E-state index is 0. The molecule has 0 bridgehead atoms. The average molecular weight is 155 g/mol. The molecule has 32 valence electrons. The van der Waals surface area contributed by atoms with Gasteiger partial charge in [-0.1, -0.05) is 0 Å². The molecule has 0 unspecified atom stereocenters. The van der Waals surface area contributed by atoms with E-state index in [-0.39, 0.29) is 52.0 Å². The second kappa shape index (κ2) is 108. The van der Waals surface area contributed by atoms with Crippen molar-refractivity contribution in [1.82, 2.24) is 0 Å². The summed E-state index contributed by atoms with van der Waals surface area (Å²) in [6.07, 6.45) is 0. The van der Waals surface area contributed by atoms with Gasteiger partial charge < -0.3 is 25.8 Å². The van der Waals surface area contributed by atoms with Gasteiger partial charge in [0.05, 0.1) is 0 Å². The summed E-state index contributed by atoms with van der Waals surface area (Å²) < 4.78 is 0. The SMILES string of the molecule is [CH3-].[CH3-].[OH-].[OH-].[Zr+4]. The minimum atomic E-state index is 0. The molecule has 0 saturated carbocycles. The molecule has 2 N–H and O–H groups in total. The molecule has 0 amide bonds. The first-order valence-corrected chi connectivity index (χ1v) is 0. The summed E-state index contributed by atoms with van der Waals surface area (Å²) in [5.41, 5.74) is 0. The predicted molar refractivity (Wildman–Crippen MR) is 16.7 cm³/mol. The summed E-state index contributed by atoms with van der Waals surface area (Å²) in [4.78, 5) is 0. The van der Waals surface area contributed by atoms with E-state index in [2.05, 4.69) is 0 Å². The minimum absolute atomic E-state index is 0. The molecule has 0 aliphatic rings. The van der Waals surface area contributed by atoms with E-state index in [0.29, 0.717) is 0 Å². The normalized spacial score (nSPS) is 0. The van der Waals surface area contributed by atoms with Crippen molar-refractivity contribution in [1.29, 1.82) is 0 Å². The molecular weight excluding hydrogens is 147 g/mol. The van der Waals surface area contributed by atoms with Gasteiger partial charge in [0.2, 0.25) is 0 Å². The van der Waals surface area contributed by atoms with Gasteiger partial charge in [0, 0.05) is 0 Å². The van der Waals surface area contributed by atoms with Crippen LogP contribution in [0.4, 0.5) is 0 Å². The van der Waals surface area contributed by atoms with E-state index in [0.717, 1.165) is 0 Å². The average Bonchev–Trinajstić information content (AvgIpc) is 0. The molecule has 2 nitrogen and oxygen atoms in total. The van der Waals surface area contributed by atoms with Crippen LogP contribution in [0.15, 0.2) is 0 Å². The van der Waals surface area contributed by atoms with Crippen molar-refractivity contribution in [2.24, 2.45) is 0 Å². The topological polar surface area (TPSA) is 60.0 Å². The second-order valence-electron chi connectivity index (χ2n) is 0. The molecule has 0 atom stereocenters. The van der Waals surface area contributed by atoms with Gasteiger partial charge in [-0.2, -0.15) is 0 Å². The van der Waals surface area contributed by atoms with E-state index < -0.39 is 0 Å². The van der Waals surface area contributed by atoms with Crippen molar-refractivity contribution in [2.45, 2.75) is 0 Å². The minimum Gasteiger partial charge on any atom is -0.870 e. The van der Waals surface area contributed by atoms with Gasteiger partial charge in [-0.05, 0) is 0 Å². The molecular formula is C2H8O2Zr. The first-order chi connectivity index (χ1) is 0. The number of hydrogen-bond donors (Lipinski definition) is 0. The Kier molecular flexibility index (Phi) is 4470. The van der Waals surface area contributed by atoms with Crippen LogP contribution in [0.25, 0.3) is 0 Å². The fourth-order valence-electron chi connectivity index (χ4n) is 0. The first-order valence-electron chi connectivity index (χ1n) is 0. The first kappa shape index (κ1) is 208. The summed E-state index contributed by atoms with van der Waals surface area (Å²) in [7, 11) is 0. The largest absolute Gasteiger partial charge is 4.00 e. The van der Waals surface area contributed by atoms with Gasteiger partial charge in [0.15, 0.2) is 0 Å². The fraction of sp³-hybridized carbons (Fsp3) is 0. The van der Waals surface area contributed by atoms with Gasteiger partial charge in [0.25, 0.3) is 0 Å². The van der Waals surface area contributed by atoms with E-state index in [9.17, 15) is 0 Å². The zero-order valence-electron chi connectivity index (χ0n) is 3.39. The van der Waals surface area contributed by atoms with E-state index in [4.69, 9.17) is 0 Å². The van der Waals surface area contributed by atoms with Crippen LogP contribution in [0, 0.1) is 14.9 Å². The summed E-state index contributed by atoms with van der Waals surface area (Å²) >= 11 is 0. The Morgan fingerprint density at radius 2 is 0.600 bits per heavy atom. The van der Waals surface area contributed by atoms with Gasteiger partial charge in [-0.15, -0.1) is 0 Å². The maximum Gasteiger partial charge on any atom is 4.00 e. The van der Waals surface area contributed by atoms with Crippen molar-refractivity contribution in [3.05, 3.63) is 14.9 Å². The van der Waals surface area contributed by atoms with Crippen LogP contribution in [-0.2, 0) is 26.2 Å². The van der Waals surface area contributed by atoms with E-state index in [1.54, 1.807) is 0 Å². The third kappa shape index (κ3) is 58.5. The summed E-state index contributed by atoms with van der Waals surface area (Å²) in [6.45, 7) is 0. The van der Waals surface area contributed by atoms with Crippen LogP contribution in [0.3, 0.4) is 0 Å². The molecule has 0 aromatic heterocycles. The Morgan fingerprint density at radius 3 is 0.600 bits per heavy atom. The molecule has 0 rings (SSSR count). The van der Waals surface area contributed by atoms with E-state index in [1.165, 1.54) is 0 Å². The van der Waals surface area contributed by atoms with Crippen molar-refractivity contribution < 1.29 is 37.2 Å². The molecule has 0 aromatic carbocycles. The van der Waals surface area contributed by atoms with Crippen molar-refractivity contribution in [3.63, 3.8) is 0 Å². The maximum atomic E-state index is 0. The molecule has 0 saturated heterocycles. The molecule has 3 heteroatoms. The van der Waals surface area contributed by atoms with Crippen LogP contribution < -0.4 is 0 Å². The van der Waals surface area contributed by atoms with Gasteiger partial charge in [-0.3, -0.25) is 0 Å². The van der Waals surface area contributed by atoms with Crippen LogP contribution in [0.1, 0.15) is 0 Å². The summed E-state index contributed by atoms with van der Waals surface area (Å²) in [5.74, 6) is 0. The van der Waals surface area contributed by atoms with Crippen molar-refractivity contribution >= 4 is 0 Å². The van der Waals surface area contributed by atoms with Crippen molar-refractivity contribution in [3.8, 4) is 0 Å². The molecule has 0 aliphatic carbocycles. The number of rotatable bonds is 0. The van der Waals surface area contributed by atoms with Crippen LogP contribution in [0.5, 0.6) is 0 Å². The molecule has 0 spiro atoms. The monoisotopic (exact) mass is 154 g/mol. The standard InChI is InChI=1S/2CH3.2H2O.Zr/h2*1H3;2*1H2;/q2*-1;;;+4/p-2. The fourth-order valence-corrected chi connectivity index (χ4v) is 0. The van der Waals surface area contributed by atoms with Crippen molar-refractivity contribution in [2.75, 3.05) is 0 Å². The summed E-state index contributed by atoms with van der Waals surface area (Å²) in [5, 5.41) is 0. The van der Waals surface area contributed by atoms with Crippen LogP contribution in [-0.4, -0.2) is 11.0 Å². The Balaban J connectivity index is 0. The second-order valence-corrected chi connectivity index (χ2v) is 0. The summed E-state index contributed by atoms with van der Waals surface area (Å²) in [6, 6.07) is 0. The van der Waals surface area contributed by atoms with Crippen LogP contribution >= 0.6 is 0 Å². The Hall–Kier alpha value is 0.803. The van der Waals surface area contributed by atoms with Gasteiger partial charge in [0.1, 0.15) is 0 Å². The smallest absolute Gasteiger partial charge is 0.870 e. The third-order valence-corrected chi connectivity index (χ3v) is 0.